The summed E-state index contributed by atoms with van der Waals surface area (Å²) < 4.78 is 15.3. The van der Waals surface area contributed by atoms with E-state index in [2.05, 4.69) is 20.5 Å². The first-order valence-corrected chi connectivity index (χ1v) is 11.2. The number of amides is 1. The van der Waals surface area contributed by atoms with Gasteiger partial charge in [0.25, 0.3) is 0 Å². The van der Waals surface area contributed by atoms with E-state index in [9.17, 15) is 9.18 Å². The van der Waals surface area contributed by atoms with Gasteiger partial charge in [-0.3, -0.25) is 14.3 Å². The minimum absolute atomic E-state index is 0.0781. The van der Waals surface area contributed by atoms with Gasteiger partial charge in [0, 0.05) is 29.8 Å². The van der Waals surface area contributed by atoms with Crippen molar-refractivity contribution in [2.24, 2.45) is 5.92 Å². The van der Waals surface area contributed by atoms with Gasteiger partial charge in [-0.1, -0.05) is 31.0 Å². The molecule has 3 aromatic rings. The number of carbonyl (C=O) groups excluding carboxylic acids is 1. The molecule has 8 heteroatoms. The maximum absolute atomic E-state index is 13.4. The van der Waals surface area contributed by atoms with Crippen LogP contribution in [0.1, 0.15) is 43.5 Å². The van der Waals surface area contributed by atoms with Crippen molar-refractivity contribution in [3.8, 4) is 5.69 Å². The summed E-state index contributed by atoms with van der Waals surface area (Å²) in [5.41, 5.74) is 1.89. The van der Waals surface area contributed by atoms with E-state index >= 15 is 0 Å². The molecule has 0 radical (unpaired) electrons. The van der Waals surface area contributed by atoms with E-state index in [4.69, 9.17) is 0 Å². The highest BCUT2D eigenvalue weighted by molar-refractivity contribution is 7.98. The van der Waals surface area contributed by atoms with Crippen LogP contribution in [-0.4, -0.2) is 25.7 Å². The van der Waals surface area contributed by atoms with Gasteiger partial charge in [-0.05, 0) is 54.8 Å². The van der Waals surface area contributed by atoms with Crippen LogP contribution in [0.5, 0.6) is 0 Å². The van der Waals surface area contributed by atoms with Gasteiger partial charge in [-0.15, -0.1) is 10.2 Å². The Labute approximate surface area is 179 Å². The molecule has 4 rings (SSSR count). The smallest absolute Gasteiger partial charge is 0.223 e. The molecule has 0 aliphatic heterocycles. The summed E-state index contributed by atoms with van der Waals surface area (Å²) in [6, 6.07) is 10.1. The molecule has 6 nitrogen and oxygen atoms in total. The minimum Gasteiger partial charge on any atom is -0.349 e. The number of benzene rings is 1. The molecule has 0 atom stereocenters. The van der Waals surface area contributed by atoms with Crippen molar-refractivity contribution in [3.05, 3.63) is 66.0 Å². The number of hydrogen-bond donors (Lipinski definition) is 1. The summed E-state index contributed by atoms with van der Waals surface area (Å²) >= 11 is 1.54. The molecular formula is C22H24FN5OS. The molecule has 1 amide bonds. The predicted octanol–water partition coefficient (Wildman–Crippen LogP) is 4.29. The third kappa shape index (κ3) is 5.05. The highest BCUT2D eigenvalue weighted by Crippen LogP contribution is 2.26. The van der Waals surface area contributed by atoms with Crippen LogP contribution in [-0.2, 0) is 17.1 Å². The van der Waals surface area contributed by atoms with Crippen molar-refractivity contribution in [2.45, 2.75) is 49.6 Å². The number of carbonyl (C=O) groups is 1. The molecule has 1 N–H and O–H groups in total. The third-order valence-electron chi connectivity index (χ3n) is 5.30. The summed E-state index contributed by atoms with van der Waals surface area (Å²) in [7, 11) is 0. The number of thioether (sulfide) groups is 1. The maximum Gasteiger partial charge on any atom is 0.223 e. The fourth-order valence-electron chi connectivity index (χ4n) is 3.66. The van der Waals surface area contributed by atoms with Crippen LogP contribution in [0.3, 0.4) is 0 Å². The first-order chi connectivity index (χ1) is 14.7. The van der Waals surface area contributed by atoms with Gasteiger partial charge in [-0.2, -0.15) is 0 Å². The van der Waals surface area contributed by atoms with Crippen molar-refractivity contribution in [1.29, 1.82) is 0 Å². The van der Waals surface area contributed by atoms with Gasteiger partial charge in [0.1, 0.15) is 5.82 Å². The van der Waals surface area contributed by atoms with Crippen LogP contribution in [0, 0.1) is 11.7 Å². The molecule has 1 saturated carbocycles. The number of nitrogens with zero attached hydrogens (tertiary/aromatic N) is 4. The van der Waals surface area contributed by atoms with Gasteiger partial charge in [0.15, 0.2) is 11.0 Å². The normalized spacial score (nSPS) is 14.6. The van der Waals surface area contributed by atoms with Gasteiger partial charge in [0.05, 0.1) is 6.54 Å². The SMILES string of the molecule is O=C(NCc1nnc(SCc2ccncc2)n1-c1ccc(F)cc1)C1CCCCC1. The first kappa shape index (κ1) is 20.5. The fourth-order valence-corrected chi connectivity index (χ4v) is 4.59. The highest BCUT2D eigenvalue weighted by atomic mass is 32.2. The lowest BCUT2D eigenvalue weighted by atomic mass is 9.89. The largest absolute Gasteiger partial charge is 0.349 e. The highest BCUT2D eigenvalue weighted by Gasteiger charge is 2.22. The van der Waals surface area contributed by atoms with E-state index in [1.54, 1.807) is 24.5 Å². The molecule has 156 valence electrons. The lowest BCUT2D eigenvalue weighted by Gasteiger charge is -2.20. The molecule has 30 heavy (non-hydrogen) atoms. The number of nitrogens with one attached hydrogen (secondary N) is 1. The van der Waals surface area contributed by atoms with Crippen LogP contribution in [0.4, 0.5) is 4.39 Å². The van der Waals surface area contributed by atoms with E-state index in [-0.39, 0.29) is 24.2 Å². The van der Waals surface area contributed by atoms with E-state index in [1.807, 2.05) is 16.7 Å². The zero-order chi connectivity index (χ0) is 20.8. The fraction of sp³-hybridized carbons (Fsp3) is 0.364. The Morgan fingerprint density at radius 3 is 2.53 bits per heavy atom. The molecule has 2 heterocycles. The number of pyridine rings is 1. The lowest BCUT2D eigenvalue weighted by molar-refractivity contribution is -0.126. The van der Waals surface area contributed by atoms with Crippen molar-refractivity contribution >= 4 is 17.7 Å². The van der Waals surface area contributed by atoms with E-state index in [0.717, 1.165) is 36.9 Å². The zero-order valence-corrected chi connectivity index (χ0v) is 17.4. The summed E-state index contributed by atoms with van der Waals surface area (Å²) in [6.07, 6.45) is 8.84. The average Bonchev–Trinajstić information content (AvgIpc) is 3.20. The number of halogens is 1. The summed E-state index contributed by atoms with van der Waals surface area (Å²) in [4.78, 5) is 16.6. The van der Waals surface area contributed by atoms with Crippen molar-refractivity contribution in [2.75, 3.05) is 0 Å². The summed E-state index contributed by atoms with van der Waals surface area (Å²) in [6.45, 7) is 0.287. The molecule has 1 aliphatic carbocycles. The summed E-state index contributed by atoms with van der Waals surface area (Å²) in [5, 5.41) is 12.4. The molecule has 1 fully saturated rings. The molecule has 1 aromatic carbocycles. The van der Waals surface area contributed by atoms with Crippen LogP contribution in [0.2, 0.25) is 0 Å². The zero-order valence-electron chi connectivity index (χ0n) is 16.6. The predicted molar refractivity (Wildman–Crippen MR) is 114 cm³/mol. The lowest BCUT2D eigenvalue weighted by Crippen LogP contribution is -2.32. The number of hydrogen-bond acceptors (Lipinski definition) is 5. The van der Waals surface area contributed by atoms with Crippen molar-refractivity contribution < 1.29 is 9.18 Å². The molecule has 2 aromatic heterocycles. The van der Waals surface area contributed by atoms with E-state index in [0.29, 0.717) is 16.7 Å². The quantitative estimate of drug-likeness (QED) is 0.572. The van der Waals surface area contributed by atoms with E-state index < -0.39 is 0 Å². The number of rotatable bonds is 7. The van der Waals surface area contributed by atoms with Gasteiger partial charge < -0.3 is 5.32 Å². The van der Waals surface area contributed by atoms with Gasteiger partial charge >= 0.3 is 0 Å². The molecule has 0 saturated heterocycles. The Kier molecular flexibility index (Phi) is 6.74. The van der Waals surface area contributed by atoms with Crippen molar-refractivity contribution in [1.82, 2.24) is 25.1 Å². The van der Waals surface area contributed by atoms with Crippen LogP contribution in [0.25, 0.3) is 5.69 Å². The monoisotopic (exact) mass is 425 g/mol. The topological polar surface area (TPSA) is 72.7 Å². The second-order valence-corrected chi connectivity index (χ2v) is 8.35. The van der Waals surface area contributed by atoms with E-state index in [1.165, 1.54) is 30.3 Å². The molecule has 0 bridgehead atoms. The van der Waals surface area contributed by atoms with Crippen LogP contribution < -0.4 is 5.32 Å². The molecule has 0 unspecified atom stereocenters. The Morgan fingerprint density at radius 1 is 1.07 bits per heavy atom. The van der Waals surface area contributed by atoms with Gasteiger partial charge in [0.2, 0.25) is 5.91 Å². The van der Waals surface area contributed by atoms with Gasteiger partial charge in [-0.25, -0.2) is 4.39 Å². The van der Waals surface area contributed by atoms with Crippen LogP contribution >= 0.6 is 11.8 Å². The van der Waals surface area contributed by atoms with Crippen LogP contribution in [0.15, 0.2) is 53.9 Å². The Bertz CT molecular complexity index is 971. The third-order valence-corrected chi connectivity index (χ3v) is 6.30. The minimum atomic E-state index is -0.301. The standard InChI is InChI=1S/C22H24FN5OS/c23-18-6-8-19(9-7-18)28-20(14-25-21(29)17-4-2-1-3-5-17)26-27-22(28)30-15-16-10-12-24-13-11-16/h6-13,17H,1-5,14-15H2,(H,25,29). The Hall–Kier alpha value is -2.74. The maximum atomic E-state index is 13.4. The molecule has 1 aliphatic rings. The Morgan fingerprint density at radius 2 is 1.80 bits per heavy atom. The first-order valence-electron chi connectivity index (χ1n) is 10.2. The number of aromatic nitrogens is 4. The molecular weight excluding hydrogens is 401 g/mol. The second kappa shape index (κ2) is 9.84. The molecule has 0 spiro atoms. The summed E-state index contributed by atoms with van der Waals surface area (Å²) in [5.74, 6) is 1.19. The average molecular weight is 426 g/mol. The Balaban J connectivity index is 1.52. The second-order valence-electron chi connectivity index (χ2n) is 7.41. The van der Waals surface area contributed by atoms with Crippen molar-refractivity contribution in [3.63, 3.8) is 0 Å².